The number of morpholine rings is 1. The van der Waals surface area contributed by atoms with Crippen molar-refractivity contribution in [1.29, 1.82) is 0 Å². The second kappa shape index (κ2) is 11.2. The number of hydrogen-bond donors (Lipinski definition) is 2. The van der Waals surface area contributed by atoms with E-state index in [4.69, 9.17) is 4.74 Å². The lowest BCUT2D eigenvalue weighted by atomic mass is 10.3. The van der Waals surface area contributed by atoms with E-state index in [-0.39, 0.29) is 24.0 Å². The maximum atomic E-state index is 5.35. The Kier molecular flexibility index (Phi) is 10.00. The second-order valence-corrected chi connectivity index (χ2v) is 6.66. The van der Waals surface area contributed by atoms with E-state index in [1.807, 2.05) is 7.05 Å². The summed E-state index contributed by atoms with van der Waals surface area (Å²) in [6.07, 6.45) is 0.988. The van der Waals surface area contributed by atoms with E-state index in [0.29, 0.717) is 0 Å². The Morgan fingerprint density at radius 2 is 1.96 bits per heavy atom. The van der Waals surface area contributed by atoms with Crippen molar-refractivity contribution in [2.24, 2.45) is 4.99 Å². The fourth-order valence-electron chi connectivity index (χ4n) is 2.48. The van der Waals surface area contributed by atoms with Gasteiger partial charge in [0.15, 0.2) is 5.96 Å². The van der Waals surface area contributed by atoms with Gasteiger partial charge >= 0.3 is 0 Å². The molecule has 2 rings (SSSR count). The Hall–Kier alpha value is -0.450. The largest absolute Gasteiger partial charge is 0.379 e. The number of aromatic nitrogens is 1. The molecule has 0 aliphatic carbocycles. The molecule has 1 fully saturated rings. The van der Waals surface area contributed by atoms with Gasteiger partial charge in [0.2, 0.25) is 0 Å². The SMILES string of the molecule is CN=C(NCCc1sc(C)nc1C)NCCN1CCOCC1.I. The van der Waals surface area contributed by atoms with Crippen molar-refractivity contribution < 1.29 is 4.74 Å². The van der Waals surface area contributed by atoms with Crippen LogP contribution in [0.15, 0.2) is 4.99 Å². The average molecular weight is 453 g/mol. The number of guanidine groups is 1. The van der Waals surface area contributed by atoms with Crippen LogP contribution in [-0.2, 0) is 11.2 Å². The molecule has 8 heteroatoms. The Morgan fingerprint density at radius 1 is 1.26 bits per heavy atom. The van der Waals surface area contributed by atoms with Crippen LogP contribution in [0.5, 0.6) is 0 Å². The summed E-state index contributed by atoms with van der Waals surface area (Å²) in [6, 6.07) is 0. The van der Waals surface area contributed by atoms with Crippen LogP contribution in [0.3, 0.4) is 0 Å². The van der Waals surface area contributed by atoms with Crippen molar-refractivity contribution in [2.75, 3.05) is 53.0 Å². The summed E-state index contributed by atoms with van der Waals surface area (Å²) in [5.41, 5.74) is 1.15. The number of hydrogen-bond acceptors (Lipinski definition) is 5. The molecule has 0 atom stereocenters. The lowest BCUT2D eigenvalue weighted by Crippen LogP contribution is -2.44. The minimum absolute atomic E-state index is 0. The highest BCUT2D eigenvalue weighted by Gasteiger charge is 2.09. The van der Waals surface area contributed by atoms with E-state index in [1.54, 1.807) is 11.3 Å². The van der Waals surface area contributed by atoms with Gasteiger partial charge in [-0.3, -0.25) is 9.89 Å². The van der Waals surface area contributed by atoms with Crippen LogP contribution in [-0.4, -0.2) is 68.8 Å². The normalized spacial score (nSPS) is 16.0. The molecule has 0 spiro atoms. The van der Waals surface area contributed by atoms with Gasteiger partial charge in [-0.15, -0.1) is 35.3 Å². The molecular weight excluding hydrogens is 425 g/mol. The number of aliphatic imine (C=N–C) groups is 1. The van der Waals surface area contributed by atoms with E-state index in [1.165, 1.54) is 4.88 Å². The van der Waals surface area contributed by atoms with Crippen LogP contribution in [0.25, 0.3) is 0 Å². The van der Waals surface area contributed by atoms with Crippen LogP contribution in [0.2, 0.25) is 0 Å². The molecule has 0 aromatic carbocycles. The molecule has 0 bridgehead atoms. The van der Waals surface area contributed by atoms with Gasteiger partial charge in [0.1, 0.15) is 0 Å². The molecule has 2 N–H and O–H groups in total. The molecule has 0 saturated carbocycles. The summed E-state index contributed by atoms with van der Waals surface area (Å²) in [6.45, 7) is 10.7. The Morgan fingerprint density at radius 3 is 2.57 bits per heavy atom. The third-order valence-electron chi connectivity index (χ3n) is 3.69. The molecule has 6 nitrogen and oxygen atoms in total. The highest BCUT2D eigenvalue weighted by Crippen LogP contribution is 2.16. The molecule has 0 amide bonds. The first kappa shape index (κ1) is 20.6. The Labute approximate surface area is 160 Å². The monoisotopic (exact) mass is 453 g/mol. The molecule has 1 saturated heterocycles. The summed E-state index contributed by atoms with van der Waals surface area (Å²) >= 11 is 1.78. The molecule has 1 aromatic rings. The maximum Gasteiger partial charge on any atom is 0.191 e. The molecule has 23 heavy (non-hydrogen) atoms. The van der Waals surface area contributed by atoms with E-state index < -0.39 is 0 Å². The predicted octanol–water partition coefficient (Wildman–Crippen LogP) is 1.42. The number of halogens is 1. The number of nitrogens with zero attached hydrogens (tertiary/aromatic N) is 3. The average Bonchev–Trinajstić information content (AvgIpc) is 2.84. The van der Waals surface area contributed by atoms with Gasteiger partial charge < -0.3 is 15.4 Å². The van der Waals surface area contributed by atoms with Gasteiger partial charge in [0.05, 0.1) is 23.9 Å². The van der Waals surface area contributed by atoms with Crippen LogP contribution >= 0.6 is 35.3 Å². The summed E-state index contributed by atoms with van der Waals surface area (Å²) in [7, 11) is 1.81. The van der Waals surface area contributed by atoms with Gasteiger partial charge in [0, 0.05) is 51.1 Å². The van der Waals surface area contributed by atoms with Gasteiger partial charge in [-0.2, -0.15) is 0 Å². The lowest BCUT2D eigenvalue weighted by molar-refractivity contribution is 0.0389. The third kappa shape index (κ3) is 7.32. The quantitative estimate of drug-likeness (QED) is 0.388. The van der Waals surface area contributed by atoms with Crippen LogP contribution < -0.4 is 10.6 Å². The number of thiazole rings is 1. The second-order valence-electron chi connectivity index (χ2n) is 5.37. The first-order chi connectivity index (χ1) is 10.7. The first-order valence-electron chi connectivity index (χ1n) is 7.86. The number of rotatable bonds is 6. The molecule has 132 valence electrons. The zero-order chi connectivity index (χ0) is 15.8. The van der Waals surface area contributed by atoms with Gasteiger partial charge in [0.25, 0.3) is 0 Å². The van der Waals surface area contributed by atoms with Gasteiger partial charge in [-0.25, -0.2) is 4.98 Å². The molecule has 1 aliphatic rings. The van der Waals surface area contributed by atoms with E-state index >= 15 is 0 Å². The molecule has 2 heterocycles. The minimum atomic E-state index is 0. The fraction of sp³-hybridized carbons (Fsp3) is 0.733. The zero-order valence-corrected chi connectivity index (χ0v) is 17.4. The van der Waals surface area contributed by atoms with Gasteiger partial charge in [-0.1, -0.05) is 0 Å². The van der Waals surface area contributed by atoms with Crippen LogP contribution in [0.1, 0.15) is 15.6 Å². The zero-order valence-electron chi connectivity index (χ0n) is 14.2. The number of nitrogens with one attached hydrogen (secondary N) is 2. The Bertz CT molecular complexity index is 488. The number of aryl methyl sites for hydroxylation is 2. The standard InChI is InChI=1S/C15H27N5OS.HI/c1-12-14(22-13(2)19-12)4-5-17-15(16-3)18-6-7-20-8-10-21-11-9-20;/h4-11H2,1-3H3,(H2,16,17,18);1H. The highest BCUT2D eigenvalue weighted by atomic mass is 127. The molecule has 0 unspecified atom stereocenters. The third-order valence-corrected chi connectivity index (χ3v) is 4.82. The van der Waals surface area contributed by atoms with Crippen LogP contribution in [0.4, 0.5) is 0 Å². The van der Waals surface area contributed by atoms with E-state index in [0.717, 1.165) is 69.0 Å². The summed E-state index contributed by atoms with van der Waals surface area (Å²) < 4.78 is 5.35. The van der Waals surface area contributed by atoms with Crippen molar-refractivity contribution in [2.45, 2.75) is 20.3 Å². The molecular formula is C15H28IN5OS. The van der Waals surface area contributed by atoms with Gasteiger partial charge in [-0.05, 0) is 13.8 Å². The molecule has 1 aromatic heterocycles. The number of ether oxygens (including phenoxy) is 1. The lowest BCUT2D eigenvalue weighted by Gasteiger charge is -2.26. The predicted molar refractivity (Wildman–Crippen MR) is 107 cm³/mol. The smallest absolute Gasteiger partial charge is 0.191 e. The minimum Gasteiger partial charge on any atom is -0.379 e. The van der Waals surface area contributed by atoms with Crippen molar-refractivity contribution in [3.63, 3.8) is 0 Å². The van der Waals surface area contributed by atoms with Crippen molar-refractivity contribution in [3.05, 3.63) is 15.6 Å². The van der Waals surface area contributed by atoms with Crippen molar-refractivity contribution in [1.82, 2.24) is 20.5 Å². The van der Waals surface area contributed by atoms with Crippen molar-refractivity contribution in [3.8, 4) is 0 Å². The summed E-state index contributed by atoms with van der Waals surface area (Å²) in [4.78, 5) is 12.5. The highest BCUT2D eigenvalue weighted by molar-refractivity contribution is 14.0. The summed E-state index contributed by atoms with van der Waals surface area (Å²) in [5, 5.41) is 7.87. The van der Waals surface area contributed by atoms with E-state index in [9.17, 15) is 0 Å². The topological polar surface area (TPSA) is 61.8 Å². The van der Waals surface area contributed by atoms with Crippen molar-refractivity contribution >= 4 is 41.3 Å². The maximum absolute atomic E-state index is 5.35. The molecule has 1 aliphatic heterocycles. The first-order valence-corrected chi connectivity index (χ1v) is 8.68. The van der Waals surface area contributed by atoms with E-state index in [2.05, 4.69) is 39.4 Å². The fourth-order valence-corrected chi connectivity index (χ4v) is 3.41. The Balaban J connectivity index is 0.00000264. The summed E-state index contributed by atoms with van der Waals surface area (Å²) in [5.74, 6) is 0.868. The van der Waals surface area contributed by atoms with Crippen LogP contribution in [0, 0.1) is 13.8 Å². The molecule has 0 radical (unpaired) electrons.